The first kappa shape index (κ1) is 2.64. The lowest BCUT2D eigenvalue weighted by atomic mass is 10.6. The summed E-state index contributed by atoms with van der Waals surface area (Å²) in [6.45, 7) is 0. The minimum Gasteiger partial charge on any atom is -0.398 e. The van der Waals surface area contributed by atoms with Gasteiger partial charge in [0.15, 0.2) is 0 Å². The van der Waals surface area contributed by atoms with E-state index in [1.807, 2.05) is 0 Å². The maximum Gasteiger partial charge on any atom is 0.0762 e. The number of nitrogens with two attached hydrogens (primary N) is 1. The van der Waals surface area contributed by atoms with Gasteiger partial charge in [-0.25, -0.2) is 0 Å². The van der Waals surface area contributed by atoms with Gasteiger partial charge in [-0.3, -0.25) is 0 Å². The number of anilines is 1. The van der Waals surface area contributed by atoms with Crippen molar-refractivity contribution in [2.24, 2.45) is 0 Å². The molecule has 32 valence electrons. The van der Waals surface area contributed by atoms with Crippen LogP contribution < -0.4 is 5.73 Å². The van der Waals surface area contributed by atoms with Crippen molar-refractivity contribution in [3.8, 4) is 0 Å². The molecule has 1 rings (SSSR count). The average molecular weight is 100 g/mol. The summed E-state index contributed by atoms with van der Waals surface area (Å²) in [7, 11) is 0. The maximum atomic E-state index is 6.99. The van der Waals surface area contributed by atoms with E-state index in [1.165, 1.54) is 11.3 Å². The van der Waals surface area contributed by atoms with Gasteiger partial charge in [0.2, 0.25) is 0 Å². The molecular formula is C4H5NS. The van der Waals surface area contributed by atoms with Gasteiger partial charge >= 0.3 is 0 Å². The van der Waals surface area contributed by atoms with Crippen LogP contribution in [0, 0.1) is 0 Å². The van der Waals surface area contributed by atoms with Crippen molar-refractivity contribution in [3.05, 3.63) is 16.8 Å². The number of nitrogen functional groups attached to an aromatic ring is 1. The molecule has 1 nitrogen and oxygen atoms in total. The summed E-state index contributed by atoms with van der Waals surface area (Å²) in [6, 6.07) is 1.73. The quantitative estimate of drug-likeness (QED) is 0.523. The Hall–Kier alpha value is -0.500. The lowest BCUT2D eigenvalue weighted by molar-refractivity contribution is 1.89. The molecule has 0 aliphatic heterocycles. The second kappa shape index (κ2) is 1.30. The van der Waals surface area contributed by atoms with E-state index in [0.717, 1.165) is 0 Å². The standard InChI is InChI=1S/C4H5NS/c5-4-1-2-6-3-4/h1-3H,5H2/i3D. The van der Waals surface area contributed by atoms with E-state index in [4.69, 9.17) is 7.10 Å². The highest BCUT2D eigenvalue weighted by Gasteiger charge is 1.74. The van der Waals surface area contributed by atoms with Crippen LogP contribution in [-0.4, -0.2) is 0 Å². The molecule has 0 amide bonds. The molecule has 0 atom stereocenters. The molecule has 1 aromatic rings. The molecule has 0 saturated carbocycles. The van der Waals surface area contributed by atoms with Gasteiger partial charge in [-0.15, -0.1) is 0 Å². The largest absolute Gasteiger partial charge is 0.398 e. The van der Waals surface area contributed by atoms with Crippen molar-refractivity contribution >= 4 is 17.0 Å². The highest BCUT2D eigenvalue weighted by Crippen LogP contribution is 2.05. The summed E-state index contributed by atoms with van der Waals surface area (Å²) >= 11 is 1.35. The zero-order chi connectivity index (χ0) is 5.28. The summed E-state index contributed by atoms with van der Waals surface area (Å²) in [6.07, 6.45) is 0. The zero-order valence-corrected chi connectivity index (χ0v) is 3.96. The van der Waals surface area contributed by atoms with Crippen LogP contribution in [0.1, 0.15) is 1.37 Å². The first-order valence-electron chi connectivity index (χ1n) is 2.10. The fraction of sp³-hybridized carbons (Fsp3) is 0. The smallest absolute Gasteiger partial charge is 0.0762 e. The van der Waals surface area contributed by atoms with E-state index in [2.05, 4.69) is 0 Å². The molecule has 0 unspecified atom stereocenters. The highest BCUT2D eigenvalue weighted by molar-refractivity contribution is 7.08. The van der Waals surface area contributed by atoms with E-state index in [-0.39, 0.29) is 0 Å². The third-order valence-electron chi connectivity index (χ3n) is 0.492. The van der Waals surface area contributed by atoms with Crippen molar-refractivity contribution < 1.29 is 1.37 Å². The summed E-state index contributed by atoms with van der Waals surface area (Å²) < 4.78 is 6.99. The molecule has 0 aliphatic carbocycles. The van der Waals surface area contributed by atoms with Gasteiger partial charge in [0.05, 0.1) is 1.37 Å². The summed E-state index contributed by atoms with van der Waals surface area (Å²) in [5.74, 6) is 0. The molecule has 2 heteroatoms. The molecule has 0 fully saturated rings. The maximum absolute atomic E-state index is 6.99. The Morgan fingerprint density at radius 3 is 3.00 bits per heavy atom. The van der Waals surface area contributed by atoms with E-state index < -0.39 is 0 Å². The third kappa shape index (κ3) is 0.518. The molecule has 0 aromatic carbocycles. The number of rotatable bonds is 0. The molecule has 0 saturated heterocycles. The van der Waals surface area contributed by atoms with Crippen LogP contribution in [0.3, 0.4) is 0 Å². The first-order valence-corrected chi connectivity index (χ1v) is 2.48. The monoisotopic (exact) mass is 100 g/mol. The van der Waals surface area contributed by atoms with E-state index in [9.17, 15) is 0 Å². The fourth-order valence-electron chi connectivity index (χ4n) is 0.243. The Balaban J connectivity index is 3.12. The van der Waals surface area contributed by atoms with Crippen LogP contribution in [0.15, 0.2) is 16.8 Å². The molecule has 1 heterocycles. The summed E-state index contributed by atoms with van der Waals surface area (Å²) in [4.78, 5) is 0. The van der Waals surface area contributed by atoms with Crippen LogP contribution in [0.25, 0.3) is 0 Å². The van der Waals surface area contributed by atoms with Gasteiger partial charge in [0, 0.05) is 11.0 Å². The van der Waals surface area contributed by atoms with Crippen LogP contribution >= 0.6 is 11.3 Å². The van der Waals surface area contributed by atoms with Gasteiger partial charge in [0.25, 0.3) is 0 Å². The lowest BCUT2D eigenvalue weighted by Gasteiger charge is -1.68. The van der Waals surface area contributed by atoms with Gasteiger partial charge in [0.1, 0.15) is 0 Å². The molecule has 0 spiro atoms. The van der Waals surface area contributed by atoms with E-state index in [0.29, 0.717) is 11.0 Å². The van der Waals surface area contributed by atoms with Crippen LogP contribution in [0.2, 0.25) is 0 Å². The molecular weight excluding hydrogens is 94.1 g/mol. The zero-order valence-electron chi connectivity index (χ0n) is 4.14. The minimum absolute atomic E-state index is 0.458. The predicted molar refractivity (Wildman–Crippen MR) is 28.7 cm³/mol. The topological polar surface area (TPSA) is 26.0 Å². The van der Waals surface area contributed by atoms with Crippen molar-refractivity contribution in [1.29, 1.82) is 0 Å². The van der Waals surface area contributed by atoms with Gasteiger partial charge < -0.3 is 5.73 Å². The average Bonchev–Trinajstić information content (AvgIpc) is 1.91. The Kier molecular flexibility index (Phi) is 0.573. The second-order valence-electron chi connectivity index (χ2n) is 0.978. The molecule has 6 heavy (non-hydrogen) atoms. The summed E-state index contributed by atoms with van der Waals surface area (Å²) in [5, 5.41) is 2.26. The van der Waals surface area contributed by atoms with Crippen molar-refractivity contribution in [3.63, 3.8) is 0 Å². The SMILES string of the molecule is [2H]c1sccc1N. The number of thiophene rings is 1. The van der Waals surface area contributed by atoms with E-state index >= 15 is 0 Å². The van der Waals surface area contributed by atoms with Gasteiger partial charge in [-0.2, -0.15) is 11.3 Å². The molecule has 0 aliphatic rings. The van der Waals surface area contributed by atoms with Crippen LogP contribution in [0.4, 0.5) is 5.69 Å². The highest BCUT2D eigenvalue weighted by atomic mass is 32.1. The Morgan fingerprint density at radius 1 is 2.00 bits per heavy atom. The Morgan fingerprint density at radius 2 is 2.83 bits per heavy atom. The van der Waals surface area contributed by atoms with Crippen molar-refractivity contribution in [2.45, 2.75) is 0 Å². The first-order chi connectivity index (χ1) is 3.30. The summed E-state index contributed by atoms with van der Waals surface area (Å²) in [5.41, 5.74) is 5.84. The third-order valence-corrected chi connectivity index (χ3v) is 1.12. The van der Waals surface area contributed by atoms with Crippen LogP contribution in [0.5, 0.6) is 0 Å². The molecule has 0 bridgehead atoms. The Bertz CT molecular complexity index is 144. The predicted octanol–water partition coefficient (Wildman–Crippen LogP) is 1.33. The Labute approximate surface area is 41.8 Å². The van der Waals surface area contributed by atoms with Gasteiger partial charge in [-0.1, -0.05) is 0 Å². The number of hydrogen-bond acceptors (Lipinski definition) is 2. The van der Waals surface area contributed by atoms with Crippen molar-refractivity contribution in [2.75, 3.05) is 5.73 Å². The normalized spacial score (nSPS) is 11.0. The van der Waals surface area contributed by atoms with Crippen molar-refractivity contribution in [1.82, 2.24) is 0 Å². The molecule has 1 aromatic heterocycles. The molecule has 2 N–H and O–H groups in total. The van der Waals surface area contributed by atoms with Crippen LogP contribution in [-0.2, 0) is 0 Å². The minimum atomic E-state index is 0.458. The van der Waals surface area contributed by atoms with Gasteiger partial charge in [-0.05, 0) is 11.4 Å². The van der Waals surface area contributed by atoms with E-state index in [1.54, 1.807) is 11.4 Å². The molecule has 0 radical (unpaired) electrons. The second-order valence-corrected chi connectivity index (χ2v) is 1.69. The number of hydrogen-bond donors (Lipinski definition) is 1. The lowest BCUT2D eigenvalue weighted by Crippen LogP contribution is -1.74. The fourth-order valence-corrected chi connectivity index (χ4v) is 0.730.